The van der Waals surface area contributed by atoms with E-state index in [-0.39, 0.29) is 30.0 Å². The molecule has 4 aromatic rings. The van der Waals surface area contributed by atoms with Gasteiger partial charge in [-0.3, -0.25) is 9.59 Å². The molecule has 0 radical (unpaired) electrons. The molecule has 0 unspecified atom stereocenters. The molecule has 3 N–H and O–H groups in total. The standard InChI is InChI=1S/C28H26FN5O3/c1-16(2)27(36)37-31-13-18-7-9-21(29)12-22(18)17-8-10-24-23(11-17)25(33-28(30)32-24)26(35)34-14-19-5-3-4-6-20(19)15-34/h3-12,16,31H,13-15H2,1-2H3,(H2,30,32,33). The summed E-state index contributed by atoms with van der Waals surface area (Å²) in [6.07, 6.45) is 0. The summed E-state index contributed by atoms with van der Waals surface area (Å²) in [6.45, 7) is 4.60. The summed E-state index contributed by atoms with van der Waals surface area (Å²) in [7, 11) is 0. The number of nitrogens with zero attached hydrogens (tertiary/aromatic N) is 3. The Balaban J connectivity index is 1.50. The summed E-state index contributed by atoms with van der Waals surface area (Å²) in [5.41, 5.74) is 13.4. The predicted molar refractivity (Wildman–Crippen MR) is 137 cm³/mol. The molecule has 0 atom stereocenters. The van der Waals surface area contributed by atoms with Crippen LogP contribution in [-0.2, 0) is 29.3 Å². The first-order valence-electron chi connectivity index (χ1n) is 12.0. The van der Waals surface area contributed by atoms with Gasteiger partial charge in [-0.15, -0.1) is 5.48 Å². The minimum Gasteiger partial charge on any atom is -0.370 e. The first kappa shape index (κ1) is 24.3. The maximum atomic E-state index is 14.3. The zero-order valence-electron chi connectivity index (χ0n) is 20.5. The third kappa shape index (κ3) is 4.99. The highest BCUT2D eigenvalue weighted by Crippen LogP contribution is 2.31. The van der Waals surface area contributed by atoms with Crippen LogP contribution in [0, 0.1) is 11.7 Å². The Kier molecular flexibility index (Phi) is 6.54. The Bertz CT molecular complexity index is 1500. The van der Waals surface area contributed by atoms with E-state index in [2.05, 4.69) is 15.4 Å². The molecule has 5 rings (SSSR count). The van der Waals surface area contributed by atoms with Crippen molar-refractivity contribution in [1.82, 2.24) is 20.3 Å². The molecule has 37 heavy (non-hydrogen) atoms. The first-order valence-corrected chi connectivity index (χ1v) is 12.0. The number of carbonyl (C=O) groups is 2. The van der Waals surface area contributed by atoms with E-state index in [0.29, 0.717) is 40.7 Å². The predicted octanol–water partition coefficient (Wildman–Crippen LogP) is 4.38. The fourth-order valence-electron chi connectivity index (χ4n) is 4.38. The number of rotatable bonds is 6. The number of carbonyl (C=O) groups excluding carboxylic acids is 2. The molecule has 1 amide bonds. The fraction of sp³-hybridized carbons (Fsp3) is 0.214. The largest absolute Gasteiger partial charge is 0.370 e. The van der Waals surface area contributed by atoms with Gasteiger partial charge in [0.05, 0.1) is 18.0 Å². The summed E-state index contributed by atoms with van der Waals surface area (Å²) in [5.74, 6) is -1.35. The minimum absolute atomic E-state index is 0.00271. The van der Waals surface area contributed by atoms with Crippen molar-refractivity contribution in [2.45, 2.75) is 33.5 Å². The van der Waals surface area contributed by atoms with Crippen LogP contribution in [0.15, 0.2) is 60.7 Å². The second-order valence-corrected chi connectivity index (χ2v) is 9.29. The van der Waals surface area contributed by atoms with Crippen LogP contribution in [0.5, 0.6) is 0 Å². The molecule has 9 heteroatoms. The lowest BCUT2D eigenvalue weighted by Gasteiger charge is -2.17. The van der Waals surface area contributed by atoms with Crippen LogP contribution in [0.25, 0.3) is 22.0 Å². The number of anilines is 1. The molecule has 1 aliphatic rings. The summed E-state index contributed by atoms with van der Waals surface area (Å²) >= 11 is 0. The number of hydrogen-bond acceptors (Lipinski definition) is 7. The lowest BCUT2D eigenvalue weighted by molar-refractivity contribution is -0.155. The van der Waals surface area contributed by atoms with Gasteiger partial charge < -0.3 is 15.5 Å². The van der Waals surface area contributed by atoms with Crippen molar-refractivity contribution >= 4 is 28.7 Å². The van der Waals surface area contributed by atoms with E-state index in [9.17, 15) is 14.0 Å². The zero-order chi connectivity index (χ0) is 26.1. The van der Waals surface area contributed by atoms with Crippen LogP contribution in [0.2, 0.25) is 0 Å². The molecule has 0 spiro atoms. The van der Waals surface area contributed by atoms with Gasteiger partial charge in [0.1, 0.15) is 11.5 Å². The number of nitrogens with one attached hydrogen (secondary N) is 1. The SMILES string of the molecule is CC(C)C(=O)ONCc1ccc(F)cc1-c1ccc2nc(N)nc(C(=O)N3Cc4ccccc4C3)c2c1. The normalized spacial score (nSPS) is 12.7. The second-order valence-electron chi connectivity index (χ2n) is 9.29. The summed E-state index contributed by atoms with van der Waals surface area (Å²) < 4.78 is 14.3. The molecule has 1 aliphatic heterocycles. The number of fused-ring (bicyclic) bond motifs is 2. The number of nitrogen functional groups attached to an aromatic ring is 1. The molecule has 0 bridgehead atoms. The van der Waals surface area contributed by atoms with Crippen molar-refractivity contribution in [2.75, 3.05) is 5.73 Å². The van der Waals surface area contributed by atoms with Crippen LogP contribution in [-0.4, -0.2) is 26.7 Å². The summed E-state index contributed by atoms with van der Waals surface area (Å²) in [4.78, 5) is 40.8. The van der Waals surface area contributed by atoms with Crippen LogP contribution in [0.1, 0.15) is 41.0 Å². The van der Waals surface area contributed by atoms with Gasteiger partial charge in [-0.25, -0.2) is 14.4 Å². The third-order valence-corrected chi connectivity index (χ3v) is 6.33. The van der Waals surface area contributed by atoms with Gasteiger partial charge >= 0.3 is 5.97 Å². The molecular weight excluding hydrogens is 473 g/mol. The fourth-order valence-corrected chi connectivity index (χ4v) is 4.38. The quantitative estimate of drug-likeness (QED) is 0.379. The van der Waals surface area contributed by atoms with E-state index in [4.69, 9.17) is 10.6 Å². The first-order chi connectivity index (χ1) is 17.8. The van der Waals surface area contributed by atoms with E-state index in [1.165, 1.54) is 12.1 Å². The highest BCUT2D eigenvalue weighted by Gasteiger charge is 2.27. The molecule has 188 valence electrons. The van der Waals surface area contributed by atoms with Gasteiger partial charge in [-0.05, 0) is 52.1 Å². The third-order valence-electron chi connectivity index (χ3n) is 6.33. The Hall–Kier alpha value is -4.37. The van der Waals surface area contributed by atoms with E-state index in [1.54, 1.807) is 43.0 Å². The van der Waals surface area contributed by atoms with Crippen LogP contribution in [0.3, 0.4) is 0 Å². The molecule has 8 nitrogen and oxygen atoms in total. The van der Waals surface area contributed by atoms with E-state index in [0.717, 1.165) is 11.1 Å². The molecule has 0 aliphatic carbocycles. The summed E-state index contributed by atoms with van der Waals surface area (Å²) in [6, 6.07) is 17.6. The minimum atomic E-state index is -0.419. The molecule has 2 heterocycles. The monoisotopic (exact) mass is 499 g/mol. The van der Waals surface area contributed by atoms with Crippen LogP contribution in [0.4, 0.5) is 10.3 Å². The summed E-state index contributed by atoms with van der Waals surface area (Å²) in [5, 5.41) is 0.516. The maximum Gasteiger partial charge on any atom is 0.327 e. The lowest BCUT2D eigenvalue weighted by atomic mass is 9.97. The number of hydroxylamine groups is 1. The van der Waals surface area contributed by atoms with Gasteiger partial charge in [0.2, 0.25) is 5.95 Å². The second kappa shape index (κ2) is 9.94. The van der Waals surface area contributed by atoms with Crippen LogP contribution >= 0.6 is 0 Å². The Morgan fingerprint density at radius 2 is 1.78 bits per heavy atom. The molecule has 0 fully saturated rings. The van der Waals surface area contributed by atoms with E-state index < -0.39 is 11.8 Å². The van der Waals surface area contributed by atoms with Crippen molar-refractivity contribution in [3.05, 3.63) is 88.9 Å². The number of amides is 1. The van der Waals surface area contributed by atoms with E-state index in [1.807, 2.05) is 24.3 Å². The lowest BCUT2D eigenvalue weighted by Crippen LogP contribution is -2.27. The Morgan fingerprint density at radius 3 is 2.49 bits per heavy atom. The zero-order valence-corrected chi connectivity index (χ0v) is 20.5. The number of halogens is 1. The van der Waals surface area contributed by atoms with Crippen molar-refractivity contribution in [3.63, 3.8) is 0 Å². The molecule has 0 saturated heterocycles. The number of aromatic nitrogens is 2. The highest BCUT2D eigenvalue weighted by atomic mass is 19.1. The van der Waals surface area contributed by atoms with Gasteiger partial charge in [0.15, 0.2) is 0 Å². The van der Waals surface area contributed by atoms with Crippen LogP contribution < -0.4 is 11.2 Å². The molecule has 3 aromatic carbocycles. The van der Waals surface area contributed by atoms with E-state index >= 15 is 0 Å². The number of benzene rings is 3. The van der Waals surface area contributed by atoms with Crippen molar-refractivity contribution in [1.29, 1.82) is 0 Å². The number of hydrogen-bond donors (Lipinski definition) is 2. The van der Waals surface area contributed by atoms with Crippen molar-refractivity contribution < 1.29 is 18.8 Å². The van der Waals surface area contributed by atoms with Gasteiger partial charge in [0.25, 0.3) is 5.91 Å². The Morgan fingerprint density at radius 1 is 1.05 bits per heavy atom. The topological polar surface area (TPSA) is 110 Å². The van der Waals surface area contributed by atoms with Crippen molar-refractivity contribution in [3.8, 4) is 11.1 Å². The molecule has 0 saturated carbocycles. The van der Waals surface area contributed by atoms with Gasteiger partial charge in [-0.1, -0.05) is 50.2 Å². The van der Waals surface area contributed by atoms with Gasteiger partial charge in [0, 0.05) is 18.5 Å². The van der Waals surface area contributed by atoms with Crippen molar-refractivity contribution in [2.24, 2.45) is 5.92 Å². The smallest absolute Gasteiger partial charge is 0.327 e. The number of nitrogens with two attached hydrogens (primary N) is 1. The maximum absolute atomic E-state index is 14.3. The average Bonchev–Trinajstić information content (AvgIpc) is 3.32. The highest BCUT2D eigenvalue weighted by molar-refractivity contribution is 6.06. The Labute approximate surface area is 213 Å². The average molecular weight is 500 g/mol. The molecule has 1 aromatic heterocycles. The van der Waals surface area contributed by atoms with Gasteiger partial charge in [-0.2, -0.15) is 0 Å². The molecular formula is C28H26FN5O3.